The lowest BCUT2D eigenvalue weighted by molar-refractivity contribution is -0.121. The number of carbonyl (C=O) groups is 3. The normalized spacial score (nSPS) is 17.2. The molecular formula is C18H16N2O3S. The Bertz CT molecular complexity index is 749. The van der Waals surface area contributed by atoms with Crippen LogP contribution in [0.3, 0.4) is 0 Å². The molecule has 1 N–H and O–H groups in total. The molecule has 3 amide bonds. The molecule has 122 valence electrons. The van der Waals surface area contributed by atoms with Crippen LogP contribution in [0.4, 0.5) is 11.4 Å². The monoisotopic (exact) mass is 340 g/mol. The molecule has 0 aromatic heterocycles. The third-order valence-electron chi connectivity index (χ3n) is 3.59. The number of benzene rings is 2. The number of carbonyl (C=O) groups excluding carboxylic acids is 3. The highest BCUT2D eigenvalue weighted by Gasteiger charge is 2.39. The molecule has 1 fully saturated rings. The Morgan fingerprint density at radius 2 is 1.67 bits per heavy atom. The first-order chi connectivity index (χ1) is 11.6. The van der Waals surface area contributed by atoms with E-state index in [-0.39, 0.29) is 29.9 Å². The lowest BCUT2D eigenvalue weighted by Gasteiger charge is -2.14. The van der Waals surface area contributed by atoms with Gasteiger partial charge in [-0.3, -0.25) is 14.4 Å². The topological polar surface area (TPSA) is 66.5 Å². The number of nitrogens with zero attached hydrogens (tertiary/aromatic N) is 1. The van der Waals surface area contributed by atoms with Gasteiger partial charge in [-0.05, 0) is 24.3 Å². The van der Waals surface area contributed by atoms with Crippen molar-refractivity contribution < 1.29 is 14.4 Å². The smallest absolute Gasteiger partial charge is 0.247 e. The van der Waals surface area contributed by atoms with Gasteiger partial charge in [-0.25, -0.2) is 4.90 Å². The van der Waals surface area contributed by atoms with Gasteiger partial charge in [0, 0.05) is 12.1 Å². The SMILES string of the molecule is O=C(CSC1CC(=O)N(c2ccccc2)C1=O)Nc1ccccc1. The van der Waals surface area contributed by atoms with Crippen molar-refractivity contribution in [3.05, 3.63) is 60.7 Å². The number of amides is 3. The summed E-state index contributed by atoms with van der Waals surface area (Å²) in [5.74, 6) is -0.554. The molecule has 2 aromatic rings. The van der Waals surface area contributed by atoms with Crippen molar-refractivity contribution in [2.24, 2.45) is 0 Å². The van der Waals surface area contributed by atoms with Gasteiger partial charge in [-0.1, -0.05) is 36.4 Å². The van der Waals surface area contributed by atoms with Gasteiger partial charge < -0.3 is 5.32 Å². The molecule has 2 aromatic carbocycles. The van der Waals surface area contributed by atoms with Crippen LogP contribution in [0.15, 0.2) is 60.7 Å². The van der Waals surface area contributed by atoms with Crippen molar-refractivity contribution in [3.8, 4) is 0 Å². The highest BCUT2D eigenvalue weighted by Crippen LogP contribution is 2.29. The summed E-state index contributed by atoms with van der Waals surface area (Å²) < 4.78 is 0. The Labute approximate surface area is 144 Å². The first kappa shape index (κ1) is 16.3. The van der Waals surface area contributed by atoms with Crippen LogP contribution in [-0.4, -0.2) is 28.7 Å². The van der Waals surface area contributed by atoms with Crippen LogP contribution in [0.2, 0.25) is 0 Å². The summed E-state index contributed by atoms with van der Waals surface area (Å²) in [6.07, 6.45) is 0.122. The standard InChI is InChI=1S/C18H16N2O3S/c21-16(19-13-7-3-1-4-8-13)12-24-15-11-17(22)20(18(15)23)14-9-5-2-6-10-14/h1-10,15H,11-12H2,(H,19,21). The van der Waals surface area contributed by atoms with Crippen molar-refractivity contribution in [3.63, 3.8) is 0 Å². The molecule has 3 rings (SSSR count). The Morgan fingerprint density at radius 3 is 2.33 bits per heavy atom. The van der Waals surface area contributed by atoms with Gasteiger partial charge in [0.25, 0.3) is 0 Å². The number of hydrogen-bond donors (Lipinski definition) is 1. The molecule has 1 aliphatic rings. The van der Waals surface area contributed by atoms with Gasteiger partial charge >= 0.3 is 0 Å². The van der Waals surface area contributed by atoms with E-state index in [0.717, 1.165) is 0 Å². The van der Waals surface area contributed by atoms with Gasteiger partial charge in [-0.15, -0.1) is 11.8 Å². The second kappa shape index (κ2) is 7.31. The Hall–Kier alpha value is -2.60. The fourth-order valence-electron chi connectivity index (χ4n) is 2.48. The van der Waals surface area contributed by atoms with E-state index in [1.54, 1.807) is 36.4 Å². The minimum Gasteiger partial charge on any atom is -0.325 e. The molecule has 1 unspecified atom stereocenters. The molecule has 1 heterocycles. The average Bonchev–Trinajstić information content (AvgIpc) is 2.88. The highest BCUT2D eigenvalue weighted by atomic mass is 32.2. The first-order valence-corrected chi connectivity index (χ1v) is 8.58. The number of hydrogen-bond acceptors (Lipinski definition) is 4. The maximum atomic E-state index is 12.4. The number of imide groups is 1. The summed E-state index contributed by atoms with van der Waals surface area (Å²) in [6.45, 7) is 0. The van der Waals surface area contributed by atoms with E-state index in [1.165, 1.54) is 16.7 Å². The van der Waals surface area contributed by atoms with Gasteiger partial charge in [-0.2, -0.15) is 0 Å². The third kappa shape index (κ3) is 3.65. The Balaban J connectivity index is 1.58. The van der Waals surface area contributed by atoms with E-state index in [0.29, 0.717) is 11.4 Å². The zero-order chi connectivity index (χ0) is 16.9. The molecule has 6 heteroatoms. The molecule has 0 radical (unpaired) electrons. The molecule has 1 aliphatic heterocycles. The number of para-hydroxylation sites is 2. The van der Waals surface area contributed by atoms with Gasteiger partial charge in [0.15, 0.2) is 0 Å². The summed E-state index contributed by atoms with van der Waals surface area (Å²) >= 11 is 1.20. The molecule has 0 spiro atoms. The van der Waals surface area contributed by atoms with E-state index in [2.05, 4.69) is 5.32 Å². The lowest BCUT2D eigenvalue weighted by Crippen LogP contribution is -2.31. The molecular weight excluding hydrogens is 324 g/mol. The molecule has 0 bridgehead atoms. The summed E-state index contributed by atoms with van der Waals surface area (Å²) in [5.41, 5.74) is 1.28. The molecule has 5 nitrogen and oxygen atoms in total. The van der Waals surface area contributed by atoms with Gasteiger partial charge in [0.2, 0.25) is 17.7 Å². The maximum absolute atomic E-state index is 12.4. The maximum Gasteiger partial charge on any atom is 0.247 e. The van der Waals surface area contributed by atoms with Crippen LogP contribution in [0.1, 0.15) is 6.42 Å². The zero-order valence-corrected chi connectivity index (χ0v) is 13.7. The van der Waals surface area contributed by atoms with E-state index >= 15 is 0 Å². The molecule has 24 heavy (non-hydrogen) atoms. The second-order valence-corrected chi connectivity index (χ2v) is 6.51. The minimum atomic E-state index is -0.515. The summed E-state index contributed by atoms with van der Waals surface area (Å²) in [7, 11) is 0. The van der Waals surface area contributed by atoms with Crippen molar-refractivity contribution in [2.45, 2.75) is 11.7 Å². The van der Waals surface area contributed by atoms with Crippen LogP contribution in [-0.2, 0) is 14.4 Å². The van der Waals surface area contributed by atoms with E-state index in [9.17, 15) is 14.4 Å². The van der Waals surface area contributed by atoms with Gasteiger partial charge in [0.05, 0.1) is 16.7 Å². The molecule has 0 aliphatic carbocycles. The van der Waals surface area contributed by atoms with Crippen LogP contribution >= 0.6 is 11.8 Å². The average molecular weight is 340 g/mol. The van der Waals surface area contributed by atoms with Crippen molar-refractivity contribution in [1.82, 2.24) is 0 Å². The zero-order valence-electron chi connectivity index (χ0n) is 12.8. The number of anilines is 2. The van der Waals surface area contributed by atoms with Crippen LogP contribution in [0, 0.1) is 0 Å². The lowest BCUT2D eigenvalue weighted by atomic mass is 10.3. The third-order valence-corrected chi connectivity index (χ3v) is 4.79. The summed E-state index contributed by atoms with van der Waals surface area (Å²) in [5, 5.41) is 2.25. The van der Waals surface area contributed by atoms with Crippen molar-refractivity contribution >= 4 is 40.9 Å². The van der Waals surface area contributed by atoms with E-state index < -0.39 is 5.25 Å². The summed E-state index contributed by atoms with van der Waals surface area (Å²) in [6, 6.07) is 18.0. The molecule has 1 saturated heterocycles. The minimum absolute atomic E-state index is 0.122. The highest BCUT2D eigenvalue weighted by molar-refractivity contribution is 8.01. The predicted molar refractivity (Wildman–Crippen MR) is 94.9 cm³/mol. The summed E-state index contributed by atoms with van der Waals surface area (Å²) in [4.78, 5) is 37.7. The number of thioether (sulfide) groups is 1. The quantitative estimate of drug-likeness (QED) is 0.850. The number of rotatable bonds is 5. The predicted octanol–water partition coefficient (Wildman–Crippen LogP) is 2.69. The van der Waals surface area contributed by atoms with Crippen molar-refractivity contribution in [1.29, 1.82) is 0 Å². The van der Waals surface area contributed by atoms with Crippen LogP contribution in [0.25, 0.3) is 0 Å². The van der Waals surface area contributed by atoms with Gasteiger partial charge in [0.1, 0.15) is 0 Å². The van der Waals surface area contributed by atoms with Crippen LogP contribution in [0.5, 0.6) is 0 Å². The van der Waals surface area contributed by atoms with Crippen molar-refractivity contribution in [2.75, 3.05) is 16.0 Å². The van der Waals surface area contributed by atoms with Crippen LogP contribution < -0.4 is 10.2 Å². The number of nitrogens with one attached hydrogen (secondary N) is 1. The fourth-order valence-corrected chi connectivity index (χ4v) is 3.41. The largest absolute Gasteiger partial charge is 0.325 e. The molecule has 0 saturated carbocycles. The van der Waals surface area contributed by atoms with E-state index in [1.807, 2.05) is 24.3 Å². The Kier molecular flexibility index (Phi) is 4.96. The molecule has 1 atom stereocenters. The van der Waals surface area contributed by atoms with E-state index in [4.69, 9.17) is 0 Å². The second-order valence-electron chi connectivity index (χ2n) is 5.32. The first-order valence-electron chi connectivity index (χ1n) is 7.53. The Morgan fingerprint density at radius 1 is 1.04 bits per heavy atom. The fraction of sp³-hybridized carbons (Fsp3) is 0.167.